The second kappa shape index (κ2) is 10.8. The number of nitrogens with one attached hydrogen (secondary N) is 1. The highest BCUT2D eigenvalue weighted by molar-refractivity contribution is 7.18. The normalized spacial score (nSPS) is 17.3. The number of piperidine rings is 2. The van der Waals surface area contributed by atoms with Crippen LogP contribution in [-0.2, 0) is 0 Å². The smallest absolute Gasteiger partial charge is 0.320 e. The summed E-state index contributed by atoms with van der Waals surface area (Å²) >= 11 is 1.63. The molecule has 2 aliphatic rings. The molecule has 0 radical (unpaired) electrons. The van der Waals surface area contributed by atoms with E-state index in [0.717, 1.165) is 58.8 Å². The molecule has 2 amide bonds. The van der Waals surface area contributed by atoms with E-state index in [1.165, 1.54) is 0 Å². The summed E-state index contributed by atoms with van der Waals surface area (Å²) in [5.41, 5.74) is 2.01. The predicted molar refractivity (Wildman–Crippen MR) is 143 cm³/mol. The number of anilines is 3. The van der Waals surface area contributed by atoms with Crippen LogP contribution < -0.4 is 10.2 Å². The van der Waals surface area contributed by atoms with Crippen LogP contribution in [0.5, 0.6) is 0 Å². The fourth-order valence-electron chi connectivity index (χ4n) is 4.78. The number of carbonyl (C=O) groups is 1. The highest BCUT2D eigenvalue weighted by Gasteiger charge is 2.30. The molecule has 3 aromatic heterocycles. The highest BCUT2D eigenvalue weighted by atomic mass is 32.1. The second-order valence-electron chi connectivity index (χ2n) is 9.59. The van der Waals surface area contributed by atoms with Crippen molar-refractivity contribution < 1.29 is 9.90 Å². The maximum atomic E-state index is 12.9. The number of aryl methyl sites for hydroxylation is 1. The molecular weight excluding hydrogens is 474 g/mol. The summed E-state index contributed by atoms with van der Waals surface area (Å²) in [7, 11) is 2.09. The molecular formula is C26H33N7O2S. The lowest BCUT2D eigenvalue weighted by Crippen LogP contribution is -2.52. The Bertz CT molecular complexity index is 1190. The van der Waals surface area contributed by atoms with Gasteiger partial charge in [0.2, 0.25) is 0 Å². The second-order valence-corrected chi connectivity index (χ2v) is 10.6. The zero-order valence-electron chi connectivity index (χ0n) is 20.8. The number of likely N-dealkylation sites (tertiary alicyclic amines) is 2. The summed E-state index contributed by atoms with van der Waals surface area (Å²) in [5.74, 6) is 1.52. The Morgan fingerprint density at radius 2 is 1.78 bits per heavy atom. The van der Waals surface area contributed by atoms with Gasteiger partial charge in [-0.1, -0.05) is 17.4 Å². The summed E-state index contributed by atoms with van der Waals surface area (Å²) in [6.45, 7) is 4.82. The van der Waals surface area contributed by atoms with Gasteiger partial charge in [0.1, 0.15) is 11.6 Å². The average molecular weight is 508 g/mol. The molecule has 0 saturated carbocycles. The van der Waals surface area contributed by atoms with Gasteiger partial charge in [-0.25, -0.2) is 19.7 Å². The number of thiazole rings is 1. The van der Waals surface area contributed by atoms with Gasteiger partial charge in [0.25, 0.3) is 0 Å². The van der Waals surface area contributed by atoms with Gasteiger partial charge in [-0.3, -0.25) is 0 Å². The van der Waals surface area contributed by atoms with Crippen molar-refractivity contribution in [3.05, 3.63) is 48.3 Å². The van der Waals surface area contributed by atoms with Crippen molar-refractivity contribution in [2.75, 3.05) is 43.4 Å². The number of nitrogens with zero attached hydrogens (tertiary/aromatic N) is 6. The molecule has 36 heavy (non-hydrogen) atoms. The Morgan fingerprint density at radius 1 is 1.06 bits per heavy atom. The van der Waals surface area contributed by atoms with Gasteiger partial charge < -0.3 is 25.1 Å². The zero-order chi connectivity index (χ0) is 25.1. The number of aliphatic hydroxyl groups is 1. The molecule has 0 bridgehead atoms. The Kier molecular flexibility index (Phi) is 7.33. The monoisotopic (exact) mass is 507 g/mol. The molecule has 5 heterocycles. The third-order valence-electron chi connectivity index (χ3n) is 6.99. The zero-order valence-corrected chi connectivity index (χ0v) is 21.6. The summed E-state index contributed by atoms with van der Waals surface area (Å²) < 4.78 is 0. The van der Waals surface area contributed by atoms with Crippen LogP contribution >= 0.6 is 11.3 Å². The van der Waals surface area contributed by atoms with Gasteiger partial charge in [-0.15, -0.1) is 0 Å². The lowest BCUT2D eigenvalue weighted by atomic mass is 10.0. The number of urea groups is 1. The number of aliphatic hydroxyl groups excluding tert-OH is 1. The van der Waals surface area contributed by atoms with Crippen LogP contribution in [0.3, 0.4) is 0 Å². The molecule has 0 aliphatic carbocycles. The first-order valence-electron chi connectivity index (χ1n) is 12.5. The predicted octanol–water partition coefficient (Wildman–Crippen LogP) is 4.13. The van der Waals surface area contributed by atoms with Crippen LogP contribution in [0.4, 0.5) is 21.6 Å². The van der Waals surface area contributed by atoms with E-state index in [-0.39, 0.29) is 12.1 Å². The molecule has 0 aromatic carbocycles. The number of hydrogen-bond donors (Lipinski definition) is 2. The number of amides is 2. The van der Waals surface area contributed by atoms with Crippen LogP contribution in [0.25, 0.3) is 10.6 Å². The van der Waals surface area contributed by atoms with E-state index in [0.29, 0.717) is 32.0 Å². The third-order valence-corrected chi connectivity index (χ3v) is 8.10. The summed E-state index contributed by atoms with van der Waals surface area (Å²) in [6, 6.07) is 10.3. The molecule has 2 fully saturated rings. The Balaban J connectivity index is 1.19. The van der Waals surface area contributed by atoms with Crippen LogP contribution in [0.15, 0.2) is 42.7 Å². The highest BCUT2D eigenvalue weighted by Crippen LogP contribution is 2.33. The SMILES string of the molecule is Cc1ccnc(Nc2cccc(-c3cnc(N(C)C4CCN(C(=O)N5CCC(O)CC5)CC4)s3)n2)c1. The molecule has 0 atom stereocenters. The first-order valence-corrected chi connectivity index (χ1v) is 13.4. The van der Waals surface area contributed by atoms with Gasteiger partial charge in [0.15, 0.2) is 5.13 Å². The van der Waals surface area contributed by atoms with Crippen molar-refractivity contribution in [2.24, 2.45) is 0 Å². The molecule has 2 aliphatic heterocycles. The van der Waals surface area contributed by atoms with Crippen molar-refractivity contribution in [1.29, 1.82) is 0 Å². The van der Waals surface area contributed by atoms with E-state index in [1.807, 2.05) is 53.3 Å². The topological polar surface area (TPSA) is 97.7 Å². The minimum Gasteiger partial charge on any atom is -0.393 e. The summed E-state index contributed by atoms with van der Waals surface area (Å²) in [5, 5.41) is 13.9. The van der Waals surface area contributed by atoms with Crippen LogP contribution in [0.2, 0.25) is 0 Å². The third kappa shape index (κ3) is 5.60. The number of pyridine rings is 2. The molecule has 0 unspecified atom stereocenters. The van der Waals surface area contributed by atoms with Crippen molar-refractivity contribution in [3.8, 4) is 10.6 Å². The molecule has 5 rings (SSSR count). The molecule has 9 nitrogen and oxygen atoms in total. The minimum atomic E-state index is -0.268. The lowest BCUT2D eigenvalue weighted by molar-refractivity contribution is 0.0779. The minimum absolute atomic E-state index is 0.111. The van der Waals surface area contributed by atoms with Crippen molar-refractivity contribution in [3.63, 3.8) is 0 Å². The fraction of sp³-hybridized carbons (Fsp3) is 0.462. The maximum absolute atomic E-state index is 12.9. The van der Waals surface area contributed by atoms with Crippen LogP contribution in [0, 0.1) is 6.92 Å². The molecule has 2 saturated heterocycles. The van der Waals surface area contributed by atoms with Gasteiger partial charge in [0, 0.05) is 51.7 Å². The van der Waals surface area contributed by atoms with E-state index in [1.54, 1.807) is 17.5 Å². The van der Waals surface area contributed by atoms with Gasteiger partial charge in [-0.2, -0.15) is 0 Å². The van der Waals surface area contributed by atoms with E-state index in [4.69, 9.17) is 4.98 Å². The molecule has 2 N–H and O–H groups in total. The number of rotatable bonds is 5. The van der Waals surface area contributed by atoms with Gasteiger partial charge in [0.05, 0.1) is 16.7 Å². The molecule has 10 heteroatoms. The molecule has 3 aromatic rings. The van der Waals surface area contributed by atoms with E-state index < -0.39 is 0 Å². The molecule has 0 spiro atoms. The Labute approximate surface area is 215 Å². The number of aromatic nitrogens is 3. The van der Waals surface area contributed by atoms with Crippen molar-refractivity contribution >= 4 is 34.1 Å². The number of carbonyl (C=O) groups excluding carboxylic acids is 1. The quantitative estimate of drug-likeness (QED) is 0.536. The first kappa shape index (κ1) is 24.5. The van der Waals surface area contributed by atoms with Crippen LogP contribution in [0.1, 0.15) is 31.2 Å². The van der Waals surface area contributed by atoms with Crippen molar-refractivity contribution in [1.82, 2.24) is 24.8 Å². The standard InChI is InChI=1S/C26H33N7O2S/c1-18-6-11-27-24(16-18)30-23-5-3-4-21(29-23)22-17-28-25(36-22)31(2)19-7-12-32(13-8-19)26(35)33-14-9-20(34)10-15-33/h3-6,11,16-17,19-20,34H,7-10,12-15H2,1-2H3,(H,27,29,30). The average Bonchev–Trinajstić information content (AvgIpc) is 3.39. The Morgan fingerprint density at radius 3 is 2.50 bits per heavy atom. The van der Waals surface area contributed by atoms with Crippen molar-refractivity contribution in [2.45, 2.75) is 44.8 Å². The van der Waals surface area contributed by atoms with Gasteiger partial charge >= 0.3 is 6.03 Å². The van der Waals surface area contributed by atoms with Gasteiger partial charge in [-0.05, 0) is 62.4 Å². The largest absolute Gasteiger partial charge is 0.393 e. The summed E-state index contributed by atoms with van der Waals surface area (Å²) in [4.78, 5) is 33.8. The Hall–Kier alpha value is -3.24. The van der Waals surface area contributed by atoms with E-state index in [2.05, 4.69) is 27.2 Å². The summed E-state index contributed by atoms with van der Waals surface area (Å²) in [6.07, 6.45) is 6.57. The first-order chi connectivity index (χ1) is 17.5. The fourth-order valence-corrected chi connectivity index (χ4v) is 5.70. The number of hydrogen-bond acceptors (Lipinski definition) is 8. The van der Waals surface area contributed by atoms with Crippen LogP contribution in [-0.4, -0.2) is 81.3 Å². The molecule has 190 valence electrons. The van der Waals surface area contributed by atoms with E-state index >= 15 is 0 Å². The van der Waals surface area contributed by atoms with E-state index in [9.17, 15) is 9.90 Å². The maximum Gasteiger partial charge on any atom is 0.320 e. The lowest BCUT2D eigenvalue weighted by Gasteiger charge is -2.40.